The smallest absolute Gasteiger partial charge is 0.413 e. The maximum Gasteiger partial charge on any atom is 0.413 e. The SMILES string of the molecule is O=C(O/C(=C/C(F)(F)F)c1ccc(Cl)cc1)c1ccccc1. The van der Waals surface area contributed by atoms with E-state index in [0.29, 0.717) is 5.02 Å². The van der Waals surface area contributed by atoms with Crippen molar-refractivity contribution in [1.29, 1.82) is 0 Å². The second-order valence-electron chi connectivity index (χ2n) is 4.31. The molecule has 114 valence electrons. The van der Waals surface area contributed by atoms with Gasteiger partial charge in [0, 0.05) is 10.6 Å². The number of allylic oxidation sites excluding steroid dienone is 1. The van der Waals surface area contributed by atoms with Crippen LogP contribution in [-0.4, -0.2) is 12.1 Å². The van der Waals surface area contributed by atoms with Crippen molar-refractivity contribution in [3.8, 4) is 0 Å². The van der Waals surface area contributed by atoms with Crippen LogP contribution in [0.5, 0.6) is 0 Å². The summed E-state index contributed by atoms with van der Waals surface area (Å²) in [6.07, 6.45) is -4.68. The summed E-state index contributed by atoms with van der Waals surface area (Å²) >= 11 is 5.70. The highest BCUT2D eigenvalue weighted by molar-refractivity contribution is 6.30. The Morgan fingerprint density at radius 3 is 2.09 bits per heavy atom. The van der Waals surface area contributed by atoms with Gasteiger partial charge in [-0.3, -0.25) is 0 Å². The van der Waals surface area contributed by atoms with Gasteiger partial charge in [0.05, 0.1) is 11.6 Å². The van der Waals surface area contributed by atoms with Crippen molar-refractivity contribution in [1.82, 2.24) is 0 Å². The third-order valence-electron chi connectivity index (χ3n) is 2.64. The molecule has 0 N–H and O–H groups in total. The maximum atomic E-state index is 12.6. The van der Waals surface area contributed by atoms with E-state index in [0.717, 1.165) is 0 Å². The van der Waals surface area contributed by atoms with Gasteiger partial charge in [-0.05, 0) is 36.4 Å². The van der Waals surface area contributed by atoms with Crippen molar-refractivity contribution in [2.45, 2.75) is 6.18 Å². The molecule has 22 heavy (non-hydrogen) atoms. The van der Waals surface area contributed by atoms with E-state index in [1.54, 1.807) is 18.2 Å². The van der Waals surface area contributed by atoms with Crippen molar-refractivity contribution in [2.24, 2.45) is 0 Å². The van der Waals surface area contributed by atoms with Crippen molar-refractivity contribution >= 4 is 23.3 Å². The van der Waals surface area contributed by atoms with E-state index in [4.69, 9.17) is 16.3 Å². The number of hydrogen-bond acceptors (Lipinski definition) is 2. The molecule has 0 unspecified atom stereocenters. The predicted molar refractivity (Wildman–Crippen MR) is 77.3 cm³/mol. The average molecular weight is 327 g/mol. The highest BCUT2D eigenvalue weighted by atomic mass is 35.5. The fourth-order valence-electron chi connectivity index (χ4n) is 1.67. The summed E-state index contributed by atoms with van der Waals surface area (Å²) in [5, 5.41) is 0.365. The Balaban J connectivity index is 2.32. The number of hydrogen-bond donors (Lipinski definition) is 0. The van der Waals surface area contributed by atoms with Gasteiger partial charge in [0.15, 0.2) is 0 Å². The molecule has 0 saturated heterocycles. The minimum Gasteiger partial charge on any atom is -0.422 e. The molecule has 2 aromatic rings. The lowest BCUT2D eigenvalue weighted by Crippen LogP contribution is -2.09. The Labute approximate surface area is 129 Å². The fourth-order valence-corrected chi connectivity index (χ4v) is 1.79. The molecule has 6 heteroatoms. The van der Waals surface area contributed by atoms with Gasteiger partial charge in [-0.2, -0.15) is 13.2 Å². The number of esters is 1. The number of rotatable bonds is 3. The summed E-state index contributed by atoms with van der Waals surface area (Å²) in [5.41, 5.74) is 0.260. The molecule has 0 saturated carbocycles. The molecule has 0 heterocycles. The quantitative estimate of drug-likeness (QED) is 0.579. The van der Waals surface area contributed by atoms with E-state index < -0.39 is 17.9 Å². The summed E-state index contributed by atoms with van der Waals surface area (Å²) in [4.78, 5) is 11.9. The number of benzene rings is 2. The van der Waals surface area contributed by atoms with Crippen molar-refractivity contribution in [2.75, 3.05) is 0 Å². The number of alkyl halides is 3. The summed E-state index contributed by atoms with van der Waals surface area (Å²) in [5.74, 6) is -1.45. The van der Waals surface area contributed by atoms with Crippen LogP contribution in [0.3, 0.4) is 0 Å². The van der Waals surface area contributed by atoms with Crippen LogP contribution in [0.1, 0.15) is 15.9 Å². The van der Waals surface area contributed by atoms with E-state index >= 15 is 0 Å². The van der Waals surface area contributed by atoms with Crippen LogP contribution in [0.2, 0.25) is 5.02 Å². The van der Waals surface area contributed by atoms with Crippen LogP contribution in [0.4, 0.5) is 13.2 Å². The molecule has 0 amide bonds. The molecule has 0 aliphatic heterocycles. The second kappa shape index (κ2) is 6.66. The van der Waals surface area contributed by atoms with E-state index in [2.05, 4.69) is 0 Å². The van der Waals surface area contributed by atoms with Crippen LogP contribution in [-0.2, 0) is 4.74 Å². The molecule has 0 radical (unpaired) electrons. The molecule has 2 aromatic carbocycles. The normalized spacial score (nSPS) is 12.1. The Hall–Kier alpha value is -2.27. The molecular weight excluding hydrogens is 317 g/mol. The molecule has 0 aromatic heterocycles. The first kappa shape index (κ1) is 16.1. The largest absolute Gasteiger partial charge is 0.422 e. The highest BCUT2D eigenvalue weighted by Gasteiger charge is 2.27. The summed E-state index contributed by atoms with van der Waals surface area (Å²) in [7, 11) is 0. The second-order valence-corrected chi connectivity index (χ2v) is 4.75. The van der Waals surface area contributed by atoms with Crippen LogP contribution >= 0.6 is 11.6 Å². The molecule has 0 fully saturated rings. The predicted octanol–water partition coefficient (Wildman–Crippen LogP) is 5.10. The monoisotopic (exact) mass is 326 g/mol. The van der Waals surface area contributed by atoms with Gasteiger partial charge >= 0.3 is 12.1 Å². The first-order chi connectivity index (χ1) is 10.3. The molecule has 0 aliphatic carbocycles. The lowest BCUT2D eigenvalue weighted by Gasteiger charge is -2.11. The maximum absolute atomic E-state index is 12.6. The van der Waals surface area contributed by atoms with Crippen molar-refractivity contribution in [3.63, 3.8) is 0 Å². The molecule has 0 bridgehead atoms. The lowest BCUT2D eigenvalue weighted by atomic mass is 10.1. The van der Waals surface area contributed by atoms with Crippen molar-refractivity contribution < 1.29 is 22.7 Å². The minimum atomic E-state index is -4.62. The molecule has 0 atom stereocenters. The molecular formula is C16H10ClF3O2. The van der Waals surface area contributed by atoms with Crippen molar-refractivity contribution in [3.05, 3.63) is 76.8 Å². The Bertz CT molecular complexity index is 677. The zero-order chi connectivity index (χ0) is 16.2. The summed E-state index contributed by atoms with van der Waals surface area (Å²) in [6, 6.07) is 13.3. The Morgan fingerprint density at radius 1 is 0.955 bits per heavy atom. The van der Waals surface area contributed by atoms with Gasteiger partial charge in [-0.1, -0.05) is 29.8 Å². The fraction of sp³-hybridized carbons (Fsp3) is 0.0625. The van der Waals surface area contributed by atoms with Gasteiger partial charge in [0.2, 0.25) is 0 Å². The third kappa shape index (κ3) is 4.63. The highest BCUT2D eigenvalue weighted by Crippen LogP contribution is 2.26. The first-order valence-electron chi connectivity index (χ1n) is 6.18. The summed E-state index contributed by atoms with van der Waals surface area (Å²) in [6.45, 7) is 0. The van der Waals surface area contributed by atoms with Crippen LogP contribution in [0.15, 0.2) is 60.7 Å². The molecule has 0 aliphatic rings. The Kier molecular flexibility index (Phi) is 4.88. The average Bonchev–Trinajstić information content (AvgIpc) is 2.47. The lowest BCUT2D eigenvalue weighted by molar-refractivity contribution is -0.0802. The van der Waals surface area contributed by atoms with Crippen LogP contribution in [0.25, 0.3) is 5.76 Å². The van der Waals surface area contributed by atoms with E-state index in [1.165, 1.54) is 36.4 Å². The number of carbonyl (C=O) groups excluding carboxylic acids is 1. The zero-order valence-corrected chi connectivity index (χ0v) is 11.9. The van der Waals surface area contributed by atoms with E-state index in [9.17, 15) is 18.0 Å². The summed E-state index contributed by atoms with van der Waals surface area (Å²) < 4.78 is 42.8. The van der Waals surface area contributed by atoms with E-state index in [-0.39, 0.29) is 17.2 Å². The zero-order valence-electron chi connectivity index (χ0n) is 11.1. The molecule has 2 nitrogen and oxygen atoms in total. The Morgan fingerprint density at radius 2 is 1.55 bits per heavy atom. The van der Waals surface area contributed by atoms with Gasteiger partial charge in [0.1, 0.15) is 5.76 Å². The topological polar surface area (TPSA) is 26.3 Å². The van der Waals surface area contributed by atoms with Gasteiger partial charge < -0.3 is 4.74 Å². The molecule has 2 rings (SSSR count). The van der Waals surface area contributed by atoms with Gasteiger partial charge in [0.25, 0.3) is 0 Å². The van der Waals surface area contributed by atoms with Gasteiger partial charge in [-0.25, -0.2) is 4.79 Å². The van der Waals surface area contributed by atoms with Crippen LogP contribution in [0, 0.1) is 0 Å². The van der Waals surface area contributed by atoms with Crippen LogP contribution < -0.4 is 0 Å². The van der Waals surface area contributed by atoms with Gasteiger partial charge in [-0.15, -0.1) is 0 Å². The number of carbonyl (C=O) groups is 1. The third-order valence-corrected chi connectivity index (χ3v) is 2.89. The molecule has 0 spiro atoms. The number of halogens is 4. The number of ether oxygens (including phenoxy) is 1. The first-order valence-corrected chi connectivity index (χ1v) is 6.56. The minimum absolute atomic E-state index is 0.0585. The standard InChI is InChI=1S/C16H10ClF3O2/c17-13-8-6-11(7-9-13)14(10-16(18,19)20)22-15(21)12-4-2-1-3-5-12/h1-10H/b14-10+. The van der Waals surface area contributed by atoms with E-state index in [1.807, 2.05) is 0 Å².